The number of nitrogens with one attached hydrogen (secondary N) is 2. The lowest BCUT2D eigenvalue weighted by molar-refractivity contribution is 0.194. The summed E-state index contributed by atoms with van der Waals surface area (Å²) in [6, 6.07) is 0.772. The number of halogens is 1. The number of nitrogens with zero attached hydrogens (tertiary/aromatic N) is 3. The number of hydrogen-bond acceptors (Lipinski definition) is 4. The van der Waals surface area contributed by atoms with E-state index >= 15 is 0 Å². The summed E-state index contributed by atoms with van der Waals surface area (Å²) in [6.07, 6.45) is 7.85. The topological polar surface area (TPSA) is 52.6 Å². The van der Waals surface area contributed by atoms with Crippen LogP contribution in [0.1, 0.15) is 42.8 Å². The van der Waals surface area contributed by atoms with Crippen molar-refractivity contribution in [2.75, 3.05) is 33.7 Å². The van der Waals surface area contributed by atoms with Crippen LogP contribution < -0.4 is 10.6 Å². The summed E-state index contributed by atoms with van der Waals surface area (Å²) in [7, 11) is 4.08. The number of thiazole rings is 1. The summed E-state index contributed by atoms with van der Waals surface area (Å²) in [4.78, 5) is 11.3. The molecule has 1 aromatic rings. The molecule has 2 rings (SSSR count). The van der Waals surface area contributed by atoms with Crippen molar-refractivity contribution in [3.05, 3.63) is 16.1 Å². The summed E-state index contributed by atoms with van der Waals surface area (Å²) in [5.41, 5.74) is 1.16. The van der Waals surface area contributed by atoms with Gasteiger partial charge in [-0.1, -0.05) is 19.3 Å². The van der Waals surface area contributed by atoms with Crippen LogP contribution in [0.25, 0.3) is 0 Å². The molecule has 0 atom stereocenters. The summed E-state index contributed by atoms with van der Waals surface area (Å²) < 4.78 is 0. The van der Waals surface area contributed by atoms with E-state index in [0.29, 0.717) is 0 Å². The predicted octanol–water partition coefficient (Wildman–Crippen LogP) is 3.04. The molecule has 1 aliphatic carbocycles. The first-order chi connectivity index (χ1) is 11.2. The van der Waals surface area contributed by atoms with Gasteiger partial charge in [0.1, 0.15) is 0 Å². The zero-order valence-electron chi connectivity index (χ0n) is 15.2. The summed E-state index contributed by atoms with van der Waals surface area (Å²) >= 11 is 1.71. The lowest BCUT2D eigenvalue weighted by Gasteiger charge is -2.31. The van der Waals surface area contributed by atoms with Gasteiger partial charge in [0, 0.05) is 44.5 Å². The summed E-state index contributed by atoms with van der Waals surface area (Å²) in [6.45, 7) is 4.91. The molecule has 1 saturated carbocycles. The first-order valence-electron chi connectivity index (χ1n) is 8.75. The smallest absolute Gasteiger partial charge is 0.191 e. The van der Waals surface area contributed by atoms with Gasteiger partial charge in [0.25, 0.3) is 0 Å². The molecule has 7 heteroatoms. The zero-order valence-corrected chi connectivity index (χ0v) is 18.3. The second-order valence-electron chi connectivity index (χ2n) is 6.31. The van der Waals surface area contributed by atoms with Crippen LogP contribution in [0.2, 0.25) is 0 Å². The van der Waals surface area contributed by atoms with Crippen LogP contribution in [0, 0.1) is 6.92 Å². The van der Waals surface area contributed by atoms with Crippen molar-refractivity contribution < 1.29 is 0 Å². The van der Waals surface area contributed by atoms with E-state index in [1.54, 1.807) is 11.3 Å². The van der Waals surface area contributed by atoms with Gasteiger partial charge in [-0.25, -0.2) is 4.98 Å². The highest BCUT2D eigenvalue weighted by atomic mass is 127. The third-order valence-electron chi connectivity index (χ3n) is 4.52. The molecule has 0 spiro atoms. The quantitative estimate of drug-likeness (QED) is 0.369. The van der Waals surface area contributed by atoms with Crippen molar-refractivity contribution in [3.63, 3.8) is 0 Å². The van der Waals surface area contributed by atoms with Crippen LogP contribution in [-0.4, -0.2) is 55.6 Å². The highest BCUT2D eigenvalue weighted by Gasteiger charge is 2.17. The van der Waals surface area contributed by atoms with Gasteiger partial charge in [-0.3, -0.25) is 4.99 Å². The standard InChI is InChI=1S/C17H31N5S.HI/c1-14-21-15(13-23-14)9-10-19-17(18-2)20-11-12-22(3)16-7-5-4-6-8-16;/h13,16H,4-12H2,1-3H3,(H2,18,19,20);1H. The first kappa shape index (κ1) is 21.6. The molecule has 0 unspecified atom stereocenters. The molecule has 0 amide bonds. The van der Waals surface area contributed by atoms with Crippen molar-refractivity contribution in [3.8, 4) is 0 Å². The molecule has 0 radical (unpaired) electrons. The molecule has 0 bridgehead atoms. The largest absolute Gasteiger partial charge is 0.356 e. The molecule has 1 aliphatic rings. The minimum absolute atomic E-state index is 0. The lowest BCUT2D eigenvalue weighted by Crippen LogP contribution is -2.43. The van der Waals surface area contributed by atoms with Gasteiger partial charge in [0.15, 0.2) is 5.96 Å². The van der Waals surface area contributed by atoms with Gasteiger partial charge in [-0.05, 0) is 26.8 Å². The molecule has 24 heavy (non-hydrogen) atoms. The normalized spacial score (nSPS) is 16.1. The van der Waals surface area contributed by atoms with Crippen LogP contribution in [0.4, 0.5) is 0 Å². The van der Waals surface area contributed by atoms with E-state index < -0.39 is 0 Å². The van der Waals surface area contributed by atoms with E-state index in [0.717, 1.165) is 48.8 Å². The third kappa shape index (κ3) is 7.65. The minimum Gasteiger partial charge on any atom is -0.356 e. The van der Waals surface area contributed by atoms with Crippen molar-refractivity contribution >= 4 is 41.3 Å². The molecule has 0 aromatic carbocycles. The maximum atomic E-state index is 4.48. The lowest BCUT2D eigenvalue weighted by atomic mass is 9.94. The Morgan fingerprint density at radius 1 is 1.29 bits per heavy atom. The fourth-order valence-electron chi connectivity index (χ4n) is 3.11. The van der Waals surface area contributed by atoms with E-state index in [4.69, 9.17) is 0 Å². The van der Waals surface area contributed by atoms with E-state index in [1.165, 1.54) is 32.1 Å². The zero-order chi connectivity index (χ0) is 16.5. The van der Waals surface area contributed by atoms with Crippen LogP contribution in [0.5, 0.6) is 0 Å². The van der Waals surface area contributed by atoms with Crippen molar-refractivity contribution in [2.45, 2.75) is 51.5 Å². The number of hydrogen-bond donors (Lipinski definition) is 2. The highest BCUT2D eigenvalue weighted by Crippen LogP contribution is 2.21. The molecule has 0 aliphatic heterocycles. The Morgan fingerprint density at radius 3 is 2.62 bits per heavy atom. The molecule has 1 aromatic heterocycles. The maximum absolute atomic E-state index is 4.48. The van der Waals surface area contributed by atoms with Gasteiger partial charge in [0.2, 0.25) is 0 Å². The Morgan fingerprint density at radius 2 is 2.00 bits per heavy atom. The number of aromatic nitrogens is 1. The van der Waals surface area contributed by atoms with E-state index in [-0.39, 0.29) is 24.0 Å². The van der Waals surface area contributed by atoms with Crippen LogP contribution in [-0.2, 0) is 6.42 Å². The summed E-state index contributed by atoms with van der Waals surface area (Å²) in [5.74, 6) is 0.883. The Hall–Kier alpha value is -0.410. The van der Waals surface area contributed by atoms with Crippen LogP contribution >= 0.6 is 35.3 Å². The predicted molar refractivity (Wildman–Crippen MR) is 115 cm³/mol. The Labute approximate surface area is 167 Å². The Balaban J connectivity index is 0.00000288. The van der Waals surface area contributed by atoms with E-state index in [2.05, 4.69) is 37.9 Å². The average Bonchev–Trinajstić information content (AvgIpc) is 2.99. The molecular formula is C17H32IN5S. The van der Waals surface area contributed by atoms with Gasteiger partial charge in [-0.15, -0.1) is 35.3 Å². The average molecular weight is 465 g/mol. The maximum Gasteiger partial charge on any atom is 0.191 e. The third-order valence-corrected chi connectivity index (χ3v) is 5.34. The monoisotopic (exact) mass is 465 g/mol. The molecular weight excluding hydrogens is 433 g/mol. The number of rotatable bonds is 7. The fraction of sp³-hybridized carbons (Fsp3) is 0.765. The van der Waals surface area contributed by atoms with Crippen molar-refractivity contribution in [1.82, 2.24) is 20.5 Å². The van der Waals surface area contributed by atoms with Gasteiger partial charge < -0.3 is 15.5 Å². The number of likely N-dealkylation sites (N-methyl/N-ethyl adjacent to an activating group) is 1. The molecule has 5 nitrogen and oxygen atoms in total. The molecule has 0 saturated heterocycles. The molecule has 1 heterocycles. The Kier molecular flexibility index (Phi) is 10.8. The van der Waals surface area contributed by atoms with Gasteiger partial charge in [0.05, 0.1) is 10.7 Å². The molecule has 1 fully saturated rings. The first-order valence-corrected chi connectivity index (χ1v) is 9.62. The van der Waals surface area contributed by atoms with Gasteiger partial charge >= 0.3 is 0 Å². The second-order valence-corrected chi connectivity index (χ2v) is 7.37. The number of aliphatic imine (C=N–C) groups is 1. The Bertz CT molecular complexity index is 485. The van der Waals surface area contributed by atoms with E-state index in [1.807, 2.05) is 14.0 Å². The van der Waals surface area contributed by atoms with Crippen molar-refractivity contribution in [1.29, 1.82) is 0 Å². The highest BCUT2D eigenvalue weighted by molar-refractivity contribution is 14.0. The fourth-order valence-corrected chi connectivity index (χ4v) is 3.75. The number of aryl methyl sites for hydroxylation is 1. The van der Waals surface area contributed by atoms with Crippen molar-refractivity contribution in [2.24, 2.45) is 4.99 Å². The van der Waals surface area contributed by atoms with Crippen LogP contribution in [0.15, 0.2) is 10.4 Å². The molecule has 2 N–H and O–H groups in total. The minimum atomic E-state index is 0. The second kappa shape index (κ2) is 12.0. The molecule has 138 valence electrons. The summed E-state index contributed by atoms with van der Waals surface area (Å²) in [5, 5.41) is 10.0. The van der Waals surface area contributed by atoms with E-state index in [9.17, 15) is 0 Å². The SMILES string of the molecule is CN=C(NCCc1csc(C)n1)NCCN(C)C1CCCCC1.I. The van der Waals surface area contributed by atoms with Gasteiger partial charge in [-0.2, -0.15) is 0 Å². The number of guanidine groups is 1. The van der Waals surface area contributed by atoms with Crippen LogP contribution in [0.3, 0.4) is 0 Å².